The monoisotopic (exact) mass is 358 g/mol. The molecule has 0 atom stereocenters. The fourth-order valence-electron chi connectivity index (χ4n) is 2.52. The van der Waals surface area contributed by atoms with Gasteiger partial charge in [-0.15, -0.1) is 0 Å². The van der Waals surface area contributed by atoms with Crippen molar-refractivity contribution in [1.29, 1.82) is 0 Å². The molecule has 1 N–H and O–H groups in total. The third-order valence-corrected chi connectivity index (χ3v) is 4.82. The predicted octanol–water partition coefficient (Wildman–Crippen LogP) is 3.81. The number of hydrogen-bond acceptors (Lipinski definition) is 4. The molecule has 1 saturated carbocycles. The summed E-state index contributed by atoms with van der Waals surface area (Å²) in [5.41, 5.74) is 0.838. The van der Waals surface area contributed by atoms with Crippen LogP contribution in [0.15, 0.2) is 30.3 Å². The third-order valence-electron chi connectivity index (χ3n) is 3.86. The summed E-state index contributed by atoms with van der Waals surface area (Å²) in [7, 11) is -2.18. The fraction of sp³-hybridized carbons (Fsp3) is 0.438. The van der Waals surface area contributed by atoms with Crippen molar-refractivity contribution < 1.29 is 21.9 Å². The number of halogens is 2. The Morgan fingerprint density at radius 1 is 1.42 bits per heavy atom. The average molecular weight is 358 g/mol. The van der Waals surface area contributed by atoms with Gasteiger partial charge in [0.15, 0.2) is 0 Å². The van der Waals surface area contributed by atoms with Crippen LogP contribution in [0.3, 0.4) is 0 Å². The number of pyridine rings is 1. The van der Waals surface area contributed by atoms with Gasteiger partial charge in [0.05, 0.1) is 19.0 Å². The zero-order chi connectivity index (χ0) is 17.8. The fourth-order valence-corrected chi connectivity index (χ4v) is 3.04. The average Bonchev–Trinajstić information content (AvgIpc) is 2.54. The van der Waals surface area contributed by atoms with Crippen LogP contribution in [-0.4, -0.2) is 26.4 Å². The second-order valence-electron chi connectivity index (χ2n) is 5.69. The van der Waals surface area contributed by atoms with Crippen molar-refractivity contribution in [2.24, 2.45) is 5.92 Å². The van der Waals surface area contributed by atoms with Crippen LogP contribution in [0.4, 0.5) is 14.5 Å². The van der Waals surface area contributed by atoms with E-state index in [9.17, 15) is 17.2 Å². The Bertz CT molecular complexity index is 723. The number of ether oxygens (including phenoxy) is 1. The van der Waals surface area contributed by atoms with Crippen LogP contribution in [-0.2, 0) is 10.0 Å². The number of anilines is 1. The zero-order valence-corrected chi connectivity index (χ0v) is 14.2. The zero-order valence-electron chi connectivity index (χ0n) is 13.3. The first-order chi connectivity index (χ1) is 11.2. The van der Waals surface area contributed by atoms with Crippen molar-refractivity contribution in [2.75, 3.05) is 11.8 Å². The Hall–Kier alpha value is -1.96. The van der Waals surface area contributed by atoms with Crippen molar-refractivity contribution in [2.45, 2.75) is 31.6 Å². The minimum absolute atomic E-state index is 0.0582. The highest BCUT2D eigenvalue weighted by molar-refractivity contribution is 7.95. The number of nitrogens with one attached hydrogen (secondary N) is 1. The molecule has 1 aromatic rings. The highest BCUT2D eigenvalue weighted by atomic mass is 32.2. The van der Waals surface area contributed by atoms with Crippen molar-refractivity contribution in [3.63, 3.8) is 0 Å². The van der Waals surface area contributed by atoms with E-state index in [1.54, 1.807) is 12.1 Å². The molecule has 1 aromatic heterocycles. The molecular weight excluding hydrogens is 338 g/mol. The van der Waals surface area contributed by atoms with Crippen LogP contribution in [0.2, 0.25) is 0 Å². The molecule has 1 aliphatic rings. The molecule has 0 aromatic carbocycles. The van der Waals surface area contributed by atoms with Crippen molar-refractivity contribution in [3.8, 4) is 5.88 Å². The van der Waals surface area contributed by atoms with E-state index < -0.39 is 15.9 Å². The first-order valence-corrected chi connectivity index (χ1v) is 9.04. The minimum atomic E-state index is -3.63. The molecule has 1 aliphatic carbocycles. The van der Waals surface area contributed by atoms with Crippen LogP contribution in [0.25, 0.3) is 6.08 Å². The van der Waals surface area contributed by atoms with Gasteiger partial charge in [-0.25, -0.2) is 22.2 Å². The Morgan fingerprint density at radius 2 is 2.08 bits per heavy atom. The maximum atomic E-state index is 13.2. The van der Waals surface area contributed by atoms with E-state index in [0.717, 1.165) is 5.41 Å². The molecule has 0 unspecified atom stereocenters. The number of sulfonamides is 1. The molecule has 0 saturated heterocycles. The Balaban J connectivity index is 2.16. The molecule has 24 heavy (non-hydrogen) atoms. The van der Waals surface area contributed by atoms with Gasteiger partial charge in [0.25, 0.3) is 10.0 Å². The molecule has 0 spiro atoms. The molecule has 0 radical (unpaired) electrons. The Labute approximate surface area is 140 Å². The van der Waals surface area contributed by atoms with E-state index in [1.165, 1.54) is 13.3 Å². The summed E-state index contributed by atoms with van der Waals surface area (Å²) in [4.78, 5) is 4.05. The van der Waals surface area contributed by atoms with Gasteiger partial charge in [0.2, 0.25) is 11.8 Å². The van der Waals surface area contributed by atoms with Crippen LogP contribution < -0.4 is 9.46 Å². The normalized spacial score (nSPS) is 18.5. The number of aromatic nitrogens is 1. The largest absolute Gasteiger partial charge is 0.481 e. The summed E-state index contributed by atoms with van der Waals surface area (Å²) in [6, 6.07) is 1.57. The molecule has 1 heterocycles. The maximum absolute atomic E-state index is 13.2. The number of hydrogen-bond donors (Lipinski definition) is 1. The van der Waals surface area contributed by atoms with E-state index in [4.69, 9.17) is 4.74 Å². The molecule has 8 heteroatoms. The minimum Gasteiger partial charge on any atom is -0.481 e. The molecule has 2 rings (SSSR count). The first-order valence-electron chi connectivity index (χ1n) is 7.50. The van der Waals surface area contributed by atoms with Crippen molar-refractivity contribution in [3.05, 3.63) is 35.9 Å². The standard InChI is InChI=1S/C16H20F2N2O3S/c1-3-24(21,22)20-14-10-13(15(23-2)19-11-14)5-4-12-6-8-16(17,18)9-7-12/h3-5,10-12,20H,1,6-9H2,2H3/b5-4+. The first kappa shape index (κ1) is 18.4. The van der Waals surface area contributed by atoms with Gasteiger partial charge in [-0.2, -0.15) is 0 Å². The predicted molar refractivity (Wildman–Crippen MR) is 89.5 cm³/mol. The lowest BCUT2D eigenvalue weighted by atomic mass is 9.86. The summed E-state index contributed by atoms with van der Waals surface area (Å²) in [5, 5.41) is 0.801. The van der Waals surface area contributed by atoms with Crippen LogP contribution >= 0.6 is 0 Å². The van der Waals surface area contributed by atoms with Crippen LogP contribution in [0.1, 0.15) is 31.2 Å². The number of rotatable bonds is 6. The molecular formula is C16H20F2N2O3S. The number of alkyl halides is 2. The Kier molecular flexibility index (Phi) is 5.58. The molecule has 1 fully saturated rings. The lowest BCUT2D eigenvalue weighted by Gasteiger charge is -2.26. The van der Waals surface area contributed by atoms with Crippen molar-refractivity contribution >= 4 is 21.8 Å². The van der Waals surface area contributed by atoms with Gasteiger partial charge in [0, 0.05) is 23.8 Å². The van der Waals surface area contributed by atoms with E-state index in [2.05, 4.69) is 16.3 Å². The second-order valence-corrected chi connectivity index (χ2v) is 7.32. The highest BCUT2D eigenvalue weighted by Crippen LogP contribution is 2.37. The summed E-state index contributed by atoms with van der Waals surface area (Å²) >= 11 is 0. The van der Waals surface area contributed by atoms with Gasteiger partial charge < -0.3 is 4.74 Å². The smallest absolute Gasteiger partial charge is 0.254 e. The quantitative estimate of drug-likeness (QED) is 0.839. The summed E-state index contributed by atoms with van der Waals surface area (Å²) < 4.78 is 56.9. The van der Waals surface area contributed by atoms with E-state index in [0.29, 0.717) is 24.3 Å². The lowest BCUT2D eigenvalue weighted by molar-refractivity contribution is -0.0410. The number of methoxy groups -OCH3 is 1. The summed E-state index contributed by atoms with van der Waals surface area (Å²) in [6.07, 6.45) is 5.52. The van der Waals surface area contributed by atoms with E-state index >= 15 is 0 Å². The number of allylic oxidation sites excluding steroid dienone is 1. The molecule has 5 nitrogen and oxygen atoms in total. The molecule has 132 valence electrons. The maximum Gasteiger partial charge on any atom is 0.254 e. The van der Waals surface area contributed by atoms with Gasteiger partial charge in [0.1, 0.15) is 0 Å². The molecule has 0 amide bonds. The van der Waals surface area contributed by atoms with Gasteiger partial charge >= 0.3 is 0 Å². The highest BCUT2D eigenvalue weighted by Gasteiger charge is 2.33. The topological polar surface area (TPSA) is 68.3 Å². The van der Waals surface area contributed by atoms with Gasteiger partial charge in [-0.1, -0.05) is 18.7 Å². The lowest BCUT2D eigenvalue weighted by Crippen LogP contribution is -2.23. The van der Waals surface area contributed by atoms with E-state index in [1.807, 2.05) is 6.08 Å². The Morgan fingerprint density at radius 3 is 2.67 bits per heavy atom. The SMILES string of the molecule is C=CS(=O)(=O)Nc1cnc(OC)c(/C=C/C2CCC(F)(F)CC2)c1. The van der Waals surface area contributed by atoms with Crippen molar-refractivity contribution in [1.82, 2.24) is 4.98 Å². The number of nitrogens with zero attached hydrogens (tertiary/aromatic N) is 1. The van der Waals surface area contributed by atoms with Gasteiger partial charge in [-0.05, 0) is 24.8 Å². The van der Waals surface area contributed by atoms with Crippen LogP contribution in [0.5, 0.6) is 5.88 Å². The van der Waals surface area contributed by atoms with E-state index in [-0.39, 0.29) is 24.4 Å². The second kappa shape index (κ2) is 7.29. The van der Waals surface area contributed by atoms with Crippen LogP contribution in [0, 0.1) is 5.92 Å². The molecule has 0 bridgehead atoms. The summed E-state index contributed by atoms with van der Waals surface area (Å²) in [5.74, 6) is -2.18. The summed E-state index contributed by atoms with van der Waals surface area (Å²) in [6.45, 7) is 3.22. The molecule has 0 aliphatic heterocycles. The third kappa shape index (κ3) is 5.02. The van der Waals surface area contributed by atoms with Gasteiger partial charge in [-0.3, -0.25) is 4.72 Å².